The molecule has 6 heteroatoms. The van der Waals surface area contributed by atoms with Crippen LogP contribution in [0.15, 0.2) is 24.3 Å². The highest BCUT2D eigenvalue weighted by Gasteiger charge is 2.23. The minimum Gasteiger partial charge on any atom is -0.372 e. The Labute approximate surface area is 155 Å². The SMILES string of the molecule is CN(CC(=O)Nc1ccc(N2CCCCCC2)cc1)CC(=O)NC1CC1. The van der Waals surface area contributed by atoms with Crippen LogP contribution >= 0.6 is 0 Å². The van der Waals surface area contributed by atoms with Crippen LogP contribution in [0.25, 0.3) is 0 Å². The van der Waals surface area contributed by atoms with Gasteiger partial charge in [0.25, 0.3) is 0 Å². The van der Waals surface area contributed by atoms with E-state index in [1.807, 2.05) is 12.1 Å². The molecule has 142 valence electrons. The maximum atomic E-state index is 12.2. The first-order valence-corrected chi connectivity index (χ1v) is 9.73. The number of carbonyl (C=O) groups excluding carboxylic acids is 2. The summed E-state index contributed by atoms with van der Waals surface area (Å²) in [6.45, 7) is 2.67. The number of nitrogens with zero attached hydrogens (tertiary/aromatic N) is 2. The van der Waals surface area contributed by atoms with Crippen molar-refractivity contribution in [2.75, 3.05) is 43.4 Å². The quantitative estimate of drug-likeness (QED) is 0.784. The summed E-state index contributed by atoms with van der Waals surface area (Å²) >= 11 is 0. The largest absolute Gasteiger partial charge is 0.372 e. The number of anilines is 2. The lowest BCUT2D eigenvalue weighted by Gasteiger charge is -2.23. The number of nitrogens with one attached hydrogen (secondary N) is 2. The molecule has 1 aromatic carbocycles. The summed E-state index contributed by atoms with van der Waals surface area (Å²) in [7, 11) is 1.79. The predicted octanol–water partition coefficient (Wildman–Crippen LogP) is 2.22. The van der Waals surface area contributed by atoms with Gasteiger partial charge in [0.15, 0.2) is 0 Å². The van der Waals surface area contributed by atoms with Crippen LogP contribution in [0.5, 0.6) is 0 Å². The van der Waals surface area contributed by atoms with Gasteiger partial charge in [-0.25, -0.2) is 0 Å². The Morgan fingerprint density at radius 1 is 1.00 bits per heavy atom. The maximum absolute atomic E-state index is 12.2. The lowest BCUT2D eigenvalue weighted by Crippen LogP contribution is -2.39. The Balaban J connectivity index is 1.43. The number of likely N-dealkylation sites (N-methyl/N-ethyl adjacent to an activating group) is 1. The van der Waals surface area contributed by atoms with Crippen molar-refractivity contribution >= 4 is 23.2 Å². The minimum atomic E-state index is -0.103. The molecule has 0 aromatic heterocycles. The van der Waals surface area contributed by atoms with E-state index in [0.717, 1.165) is 31.6 Å². The molecule has 0 atom stereocenters. The van der Waals surface area contributed by atoms with Gasteiger partial charge >= 0.3 is 0 Å². The number of amides is 2. The Bertz CT molecular complexity index is 605. The first kappa shape index (κ1) is 18.7. The molecule has 1 aliphatic carbocycles. The van der Waals surface area contributed by atoms with Gasteiger partial charge in [-0.2, -0.15) is 0 Å². The van der Waals surface area contributed by atoms with E-state index in [0.29, 0.717) is 6.04 Å². The number of hydrogen-bond donors (Lipinski definition) is 2. The van der Waals surface area contributed by atoms with Crippen molar-refractivity contribution in [1.82, 2.24) is 10.2 Å². The smallest absolute Gasteiger partial charge is 0.238 e. The summed E-state index contributed by atoms with van der Waals surface area (Å²) in [5.74, 6) is -0.112. The number of hydrogen-bond acceptors (Lipinski definition) is 4. The van der Waals surface area contributed by atoms with Gasteiger partial charge < -0.3 is 15.5 Å². The second-order valence-electron chi connectivity index (χ2n) is 7.51. The average Bonchev–Trinajstić information content (AvgIpc) is 3.42. The van der Waals surface area contributed by atoms with E-state index in [4.69, 9.17) is 0 Å². The topological polar surface area (TPSA) is 64.7 Å². The van der Waals surface area contributed by atoms with Gasteiger partial charge in [0.1, 0.15) is 0 Å². The van der Waals surface area contributed by atoms with Gasteiger partial charge in [-0.1, -0.05) is 12.8 Å². The third-order valence-corrected chi connectivity index (χ3v) is 4.89. The molecule has 0 unspecified atom stereocenters. The molecule has 1 saturated carbocycles. The molecule has 2 amide bonds. The van der Waals surface area contributed by atoms with Gasteiger partial charge in [-0.05, 0) is 57.0 Å². The van der Waals surface area contributed by atoms with Crippen LogP contribution in [-0.2, 0) is 9.59 Å². The third kappa shape index (κ3) is 6.02. The van der Waals surface area contributed by atoms with E-state index in [1.54, 1.807) is 11.9 Å². The molecular weight excluding hydrogens is 328 g/mol. The lowest BCUT2D eigenvalue weighted by atomic mass is 10.2. The van der Waals surface area contributed by atoms with E-state index in [-0.39, 0.29) is 24.9 Å². The second-order valence-corrected chi connectivity index (χ2v) is 7.51. The fourth-order valence-corrected chi connectivity index (χ4v) is 3.33. The van der Waals surface area contributed by atoms with Crippen molar-refractivity contribution in [3.05, 3.63) is 24.3 Å². The Hall–Kier alpha value is -2.08. The van der Waals surface area contributed by atoms with Crippen molar-refractivity contribution in [2.24, 2.45) is 0 Å². The fraction of sp³-hybridized carbons (Fsp3) is 0.600. The van der Waals surface area contributed by atoms with E-state index in [1.165, 1.54) is 31.4 Å². The monoisotopic (exact) mass is 358 g/mol. The average molecular weight is 358 g/mol. The van der Waals surface area contributed by atoms with E-state index >= 15 is 0 Å². The molecular formula is C20H30N4O2. The third-order valence-electron chi connectivity index (χ3n) is 4.89. The van der Waals surface area contributed by atoms with Crippen LogP contribution in [0.3, 0.4) is 0 Å². The number of rotatable bonds is 7. The van der Waals surface area contributed by atoms with Crippen molar-refractivity contribution in [3.63, 3.8) is 0 Å². The minimum absolute atomic E-state index is 0.00963. The molecule has 2 fully saturated rings. The first-order chi connectivity index (χ1) is 12.6. The van der Waals surface area contributed by atoms with Crippen LogP contribution in [0.4, 0.5) is 11.4 Å². The molecule has 1 heterocycles. The molecule has 6 nitrogen and oxygen atoms in total. The van der Waals surface area contributed by atoms with Crippen molar-refractivity contribution in [1.29, 1.82) is 0 Å². The van der Waals surface area contributed by atoms with E-state index < -0.39 is 0 Å². The summed E-state index contributed by atoms with van der Waals surface area (Å²) in [6.07, 6.45) is 7.28. The van der Waals surface area contributed by atoms with Gasteiger partial charge in [-0.15, -0.1) is 0 Å². The summed E-state index contributed by atoms with van der Waals surface area (Å²) in [5, 5.41) is 5.84. The Morgan fingerprint density at radius 2 is 1.62 bits per heavy atom. The van der Waals surface area contributed by atoms with E-state index in [2.05, 4.69) is 27.7 Å². The molecule has 1 saturated heterocycles. The molecule has 0 radical (unpaired) electrons. The Kier molecular flexibility index (Phi) is 6.50. The molecule has 3 rings (SSSR count). The molecule has 1 aromatic rings. The van der Waals surface area contributed by atoms with Gasteiger partial charge in [0.2, 0.25) is 11.8 Å². The summed E-state index contributed by atoms with van der Waals surface area (Å²) < 4.78 is 0. The molecule has 1 aliphatic heterocycles. The highest BCUT2D eigenvalue weighted by Crippen LogP contribution is 2.21. The maximum Gasteiger partial charge on any atom is 0.238 e. The van der Waals surface area contributed by atoms with Crippen LogP contribution in [0.2, 0.25) is 0 Å². The molecule has 0 bridgehead atoms. The van der Waals surface area contributed by atoms with Crippen LogP contribution in [0, 0.1) is 0 Å². The zero-order valence-electron chi connectivity index (χ0n) is 15.7. The Morgan fingerprint density at radius 3 is 2.23 bits per heavy atom. The van der Waals surface area contributed by atoms with Gasteiger partial charge in [0, 0.05) is 30.5 Å². The van der Waals surface area contributed by atoms with Crippen LogP contribution in [-0.4, -0.2) is 56.0 Å². The van der Waals surface area contributed by atoms with Crippen LogP contribution in [0.1, 0.15) is 38.5 Å². The predicted molar refractivity (Wildman–Crippen MR) is 104 cm³/mol. The van der Waals surface area contributed by atoms with Crippen molar-refractivity contribution in [3.8, 4) is 0 Å². The summed E-state index contributed by atoms with van der Waals surface area (Å²) in [4.78, 5) is 28.1. The van der Waals surface area contributed by atoms with Gasteiger partial charge in [-0.3, -0.25) is 14.5 Å². The lowest BCUT2D eigenvalue weighted by molar-refractivity contribution is -0.123. The van der Waals surface area contributed by atoms with E-state index in [9.17, 15) is 9.59 Å². The molecule has 2 aliphatic rings. The summed E-state index contributed by atoms with van der Waals surface area (Å²) in [6, 6.07) is 8.42. The standard InChI is InChI=1S/C20H30N4O2/c1-23(14-19(25)21-16-6-7-16)15-20(26)22-17-8-10-18(11-9-17)24-12-4-2-3-5-13-24/h8-11,16H,2-7,12-15H2,1H3,(H,21,25)(H,22,26). The highest BCUT2D eigenvalue weighted by atomic mass is 16.2. The van der Waals surface area contributed by atoms with Crippen LogP contribution < -0.4 is 15.5 Å². The number of carbonyl (C=O) groups is 2. The van der Waals surface area contributed by atoms with Crippen molar-refractivity contribution < 1.29 is 9.59 Å². The normalized spacial score (nSPS) is 17.7. The molecule has 0 spiro atoms. The zero-order valence-corrected chi connectivity index (χ0v) is 15.7. The molecule has 26 heavy (non-hydrogen) atoms. The number of benzene rings is 1. The zero-order chi connectivity index (χ0) is 18.4. The summed E-state index contributed by atoms with van der Waals surface area (Å²) in [5.41, 5.74) is 2.02. The second kappa shape index (κ2) is 9.03. The van der Waals surface area contributed by atoms with Gasteiger partial charge in [0.05, 0.1) is 13.1 Å². The fourth-order valence-electron chi connectivity index (χ4n) is 3.33. The highest BCUT2D eigenvalue weighted by molar-refractivity contribution is 5.92. The van der Waals surface area contributed by atoms with Crippen molar-refractivity contribution in [2.45, 2.75) is 44.6 Å². The molecule has 2 N–H and O–H groups in total. The first-order valence-electron chi connectivity index (χ1n) is 9.73.